The summed E-state index contributed by atoms with van der Waals surface area (Å²) in [6.45, 7) is 0.512. The molecule has 1 amide bonds. The molecule has 0 saturated carbocycles. The lowest BCUT2D eigenvalue weighted by Crippen LogP contribution is -2.40. The number of hydrogen-bond donors (Lipinski definition) is 2. The monoisotopic (exact) mass is 388 g/mol. The van der Waals surface area contributed by atoms with Crippen molar-refractivity contribution in [3.63, 3.8) is 0 Å². The summed E-state index contributed by atoms with van der Waals surface area (Å²) in [5.41, 5.74) is 6.44. The van der Waals surface area contributed by atoms with Crippen LogP contribution in [0.2, 0.25) is 0 Å². The highest BCUT2D eigenvalue weighted by atomic mass is 127. The van der Waals surface area contributed by atoms with E-state index in [-0.39, 0.29) is 6.17 Å². The second-order valence-corrected chi connectivity index (χ2v) is 5.67. The molecule has 3 rings (SSSR count). The SMILES string of the molecule is Nc1ncnc2c1c(I)nn2C1CCCCN1C(=O)O. The zero-order chi connectivity index (χ0) is 14.3. The van der Waals surface area contributed by atoms with Crippen LogP contribution in [0.15, 0.2) is 6.33 Å². The first-order valence-electron chi connectivity index (χ1n) is 6.23. The van der Waals surface area contributed by atoms with Crippen LogP contribution in [0.1, 0.15) is 25.4 Å². The second-order valence-electron chi connectivity index (χ2n) is 4.65. The van der Waals surface area contributed by atoms with Crippen molar-refractivity contribution in [3.05, 3.63) is 10.0 Å². The molecule has 1 atom stereocenters. The van der Waals surface area contributed by atoms with Gasteiger partial charge >= 0.3 is 6.09 Å². The van der Waals surface area contributed by atoms with E-state index < -0.39 is 6.09 Å². The van der Waals surface area contributed by atoms with E-state index in [1.807, 2.05) is 0 Å². The number of halogens is 1. The number of nitrogen functional groups attached to an aromatic ring is 1. The van der Waals surface area contributed by atoms with Gasteiger partial charge in [0, 0.05) is 6.54 Å². The van der Waals surface area contributed by atoms with Crippen molar-refractivity contribution in [2.75, 3.05) is 12.3 Å². The smallest absolute Gasteiger partial charge is 0.409 e. The first-order chi connectivity index (χ1) is 9.59. The summed E-state index contributed by atoms with van der Waals surface area (Å²) in [5, 5.41) is 14.4. The van der Waals surface area contributed by atoms with Gasteiger partial charge in [0.15, 0.2) is 5.65 Å². The van der Waals surface area contributed by atoms with Gasteiger partial charge < -0.3 is 10.8 Å². The standard InChI is InChI=1S/C11H13IN6O2/c12-8-7-9(13)14-5-15-10(7)18(16-8)6-3-1-2-4-17(6)11(19)20/h5-6H,1-4H2,(H,19,20)(H2,13,14,15). The highest BCUT2D eigenvalue weighted by Gasteiger charge is 2.30. The molecule has 1 fully saturated rings. The zero-order valence-corrected chi connectivity index (χ0v) is 12.7. The number of piperidine rings is 1. The van der Waals surface area contributed by atoms with E-state index in [1.54, 1.807) is 4.68 Å². The summed E-state index contributed by atoms with van der Waals surface area (Å²) >= 11 is 2.07. The van der Waals surface area contributed by atoms with Crippen LogP contribution in [0.3, 0.4) is 0 Å². The van der Waals surface area contributed by atoms with Gasteiger partial charge in [0.2, 0.25) is 0 Å². The van der Waals surface area contributed by atoms with Crippen LogP contribution in [0, 0.1) is 3.70 Å². The van der Waals surface area contributed by atoms with Gasteiger partial charge in [-0.3, -0.25) is 4.90 Å². The first kappa shape index (κ1) is 13.3. The molecule has 1 unspecified atom stereocenters. The van der Waals surface area contributed by atoms with Gasteiger partial charge in [0.25, 0.3) is 0 Å². The quantitative estimate of drug-likeness (QED) is 0.720. The van der Waals surface area contributed by atoms with E-state index in [9.17, 15) is 9.90 Å². The van der Waals surface area contributed by atoms with Crippen LogP contribution in [0.5, 0.6) is 0 Å². The lowest BCUT2D eigenvalue weighted by molar-refractivity contribution is 0.0751. The Labute approximate surface area is 128 Å². The molecule has 0 radical (unpaired) electrons. The Morgan fingerprint density at radius 2 is 2.25 bits per heavy atom. The van der Waals surface area contributed by atoms with Gasteiger partial charge in [0.1, 0.15) is 22.0 Å². The highest BCUT2D eigenvalue weighted by Crippen LogP contribution is 2.31. The Morgan fingerprint density at radius 3 is 3.00 bits per heavy atom. The third-order valence-electron chi connectivity index (χ3n) is 3.47. The Hall–Kier alpha value is -1.65. The molecule has 9 heteroatoms. The number of aromatic nitrogens is 4. The fraction of sp³-hybridized carbons (Fsp3) is 0.455. The number of amides is 1. The van der Waals surface area contributed by atoms with Crippen LogP contribution in [0.25, 0.3) is 11.0 Å². The molecule has 2 aromatic heterocycles. The number of carboxylic acid groups (broad SMARTS) is 1. The molecular formula is C11H13IN6O2. The van der Waals surface area contributed by atoms with Crippen molar-refractivity contribution in [1.29, 1.82) is 0 Å². The lowest BCUT2D eigenvalue weighted by Gasteiger charge is -2.33. The molecule has 8 nitrogen and oxygen atoms in total. The molecule has 1 aliphatic rings. The maximum Gasteiger partial charge on any atom is 0.409 e. The number of carbonyl (C=O) groups is 1. The van der Waals surface area contributed by atoms with Gasteiger partial charge in [-0.1, -0.05) is 0 Å². The van der Waals surface area contributed by atoms with Crippen LogP contribution >= 0.6 is 22.6 Å². The molecule has 0 bridgehead atoms. The van der Waals surface area contributed by atoms with E-state index in [0.29, 0.717) is 27.1 Å². The fourth-order valence-corrected chi connectivity index (χ4v) is 3.30. The molecule has 2 aromatic rings. The summed E-state index contributed by atoms with van der Waals surface area (Å²) in [4.78, 5) is 21.0. The van der Waals surface area contributed by atoms with Gasteiger partial charge in [-0.05, 0) is 41.9 Å². The lowest BCUT2D eigenvalue weighted by atomic mass is 10.1. The first-order valence-corrected chi connectivity index (χ1v) is 7.31. The van der Waals surface area contributed by atoms with Crippen LogP contribution in [0.4, 0.5) is 10.6 Å². The summed E-state index contributed by atoms with van der Waals surface area (Å²) < 4.78 is 2.34. The number of likely N-dealkylation sites (tertiary alicyclic amines) is 1. The van der Waals surface area contributed by atoms with E-state index in [4.69, 9.17) is 5.73 Å². The Kier molecular flexibility index (Phi) is 3.36. The zero-order valence-electron chi connectivity index (χ0n) is 10.5. The summed E-state index contributed by atoms with van der Waals surface area (Å²) in [5.74, 6) is 0.364. The molecule has 106 valence electrons. The maximum absolute atomic E-state index is 11.4. The van der Waals surface area contributed by atoms with Crippen molar-refractivity contribution in [2.24, 2.45) is 0 Å². The fourth-order valence-electron chi connectivity index (χ4n) is 2.55. The van der Waals surface area contributed by atoms with Gasteiger partial charge in [0.05, 0.1) is 5.39 Å². The summed E-state index contributed by atoms with van der Waals surface area (Å²) in [6.07, 6.45) is 2.67. The molecule has 0 aliphatic carbocycles. The largest absolute Gasteiger partial charge is 0.465 e. The number of fused-ring (bicyclic) bond motifs is 1. The van der Waals surface area contributed by atoms with E-state index in [2.05, 4.69) is 37.7 Å². The molecular weight excluding hydrogens is 375 g/mol. The summed E-state index contributed by atoms with van der Waals surface area (Å²) in [7, 11) is 0. The van der Waals surface area contributed by atoms with E-state index in [0.717, 1.165) is 19.3 Å². The predicted molar refractivity (Wildman–Crippen MR) is 80.1 cm³/mol. The molecule has 1 aliphatic heterocycles. The van der Waals surface area contributed by atoms with Crippen LogP contribution in [-0.2, 0) is 0 Å². The molecule has 20 heavy (non-hydrogen) atoms. The Morgan fingerprint density at radius 1 is 1.45 bits per heavy atom. The average Bonchev–Trinajstić information content (AvgIpc) is 2.77. The van der Waals surface area contributed by atoms with Gasteiger partial charge in [-0.25, -0.2) is 19.4 Å². The molecule has 1 saturated heterocycles. The topological polar surface area (TPSA) is 110 Å². The van der Waals surface area contributed by atoms with Crippen LogP contribution < -0.4 is 5.73 Å². The Bertz CT molecular complexity index is 672. The minimum Gasteiger partial charge on any atom is -0.465 e. The molecule has 0 aromatic carbocycles. The number of anilines is 1. The third kappa shape index (κ3) is 2.05. The molecule has 0 spiro atoms. The highest BCUT2D eigenvalue weighted by molar-refractivity contribution is 14.1. The van der Waals surface area contributed by atoms with E-state index in [1.165, 1.54) is 11.2 Å². The number of nitrogens with two attached hydrogens (primary N) is 1. The van der Waals surface area contributed by atoms with Crippen LogP contribution in [-0.4, -0.2) is 42.4 Å². The minimum atomic E-state index is -0.935. The van der Waals surface area contributed by atoms with Crippen molar-refractivity contribution >= 4 is 45.5 Å². The minimum absolute atomic E-state index is 0.332. The third-order valence-corrected chi connectivity index (χ3v) is 4.23. The molecule has 3 N–H and O–H groups in total. The van der Waals surface area contributed by atoms with Crippen molar-refractivity contribution in [3.8, 4) is 0 Å². The maximum atomic E-state index is 11.4. The number of hydrogen-bond acceptors (Lipinski definition) is 5. The van der Waals surface area contributed by atoms with E-state index >= 15 is 0 Å². The normalized spacial score (nSPS) is 19.4. The second kappa shape index (κ2) is 5.04. The summed E-state index contributed by atoms with van der Waals surface area (Å²) in [6, 6.07) is 0. The van der Waals surface area contributed by atoms with Crippen molar-refractivity contribution < 1.29 is 9.90 Å². The Balaban J connectivity index is 2.14. The van der Waals surface area contributed by atoms with Crippen molar-refractivity contribution in [2.45, 2.75) is 25.4 Å². The van der Waals surface area contributed by atoms with Gasteiger partial charge in [-0.2, -0.15) is 5.10 Å². The van der Waals surface area contributed by atoms with Crippen molar-refractivity contribution in [1.82, 2.24) is 24.6 Å². The number of rotatable bonds is 1. The van der Waals surface area contributed by atoms with Gasteiger partial charge in [-0.15, -0.1) is 0 Å². The number of nitrogens with zero attached hydrogens (tertiary/aromatic N) is 5. The molecule has 3 heterocycles. The average molecular weight is 388 g/mol. The predicted octanol–water partition coefficient (Wildman–Crippen LogP) is 1.68.